The Labute approximate surface area is 198 Å². The van der Waals surface area contributed by atoms with E-state index >= 15 is 0 Å². The number of hydrogen-bond donors (Lipinski definition) is 1. The van der Waals surface area contributed by atoms with Crippen molar-refractivity contribution in [2.45, 2.75) is 25.3 Å². The van der Waals surface area contributed by atoms with Gasteiger partial charge in [-0.05, 0) is 49.2 Å². The van der Waals surface area contributed by atoms with Gasteiger partial charge in [-0.3, -0.25) is 9.59 Å². The molecule has 8 nitrogen and oxygen atoms in total. The molecule has 1 N–H and O–H groups in total. The van der Waals surface area contributed by atoms with Crippen LogP contribution in [0.2, 0.25) is 10.0 Å². The van der Waals surface area contributed by atoms with Crippen LogP contribution in [0.1, 0.15) is 24.5 Å². The SMILES string of the molecule is COc1ccc(Cl)cc1NC(=O)Cn1nc(C2CC2)c2cnn(-c3cccc(Cl)c3)c2c1=O. The fourth-order valence-corrected chi connectivity index (χ4v) is 4.12. The van der Waals surface area contributed by atoms with Crippen molar-refractivity contribution in [1.29, 1.82) is 0 Å². The van der Waals surface area contributed by atoms with Gasteiger partial charge in [0.2, 0.25) is 5.91 Å². The minimum atomic E-state index is -0.430. The molecule has 1 amide bonds. The minimum absolute atomic E-state index is 0.243. The molecule has 0 radical (unpaired) electrons. The zero-order valence-corrected chi connectivity index (χ0v) is 19.1. The number of halogens is 2. The summed E-state index contributed by atoms with van der Waals surface area (Å²) in [5, 5.41) is 13.4. The smallest absolute Gasteiger partial charge is 0.293 e. The number of nitrogens with zero attached hydrogens (tertiary/aromatic N) is 4. The summed E-state index contributed by atoms with van der Waals surface area (Å²) in [6.07, 6.45) is 3.61. The van der Waals surface area contributed by atoms with Crippen molar-refractivity contribution in [1.82, 2.24) is 19.6 Å². The summed E-state index contributed by atoms with van der Waals surface area (Å²) in [4.78, 5) is 26.2. The first-order valence-electron chi connectivity index (χ1n) is 10.3. The van der Waals surface area contributed by atoms with E-state index < -0.39 is 11.5 Å². The standard InChI is InChI=1S/C23H19Cl2N5O3/c1-33-19-8-7-15(25)10-18(19)27-20(31)12-29-23(32)22-17(21(28-29)13-5-6-13)11-26-30(22)16-4-2-3-14(24)9-16/h2-4,7-11,13H,5-6,12H2,1H3,(H,27,31). The molecule has 1 saturated carbocycles. The van der Waals surface area contributed by atoms with E-state index in [-0.39, 0.29) is 12.5 Å². The highest BCUT2D eigenvalue weighted by Gasteiger charge is 2.30. The third kappa shape index (κ3) is 4.19. The highest BCUT2D eigenvalue weighted by Crippen LogP contribution is 2.41. The maximum Gasteiger partial charge on any atom is 0.293 e. The summed E-state index contributed by atoms with van der Waals surface area (Å²) < 4.78 is 8.01. The molecule has 168 valence electrons. The normalized spacial score (nSPS) is 13.3. The van der Waals surface area contributed by atoms with Gasteiger partial charge >= 0.3 is 0 Å². The van der Waals surface area contributed by atoms with Crippen LogP contribution in [0.3, 0.4) is 0 Å². The lowest BCUT2D eigenvalue weighted by Crippen LogP contribution is -2.31. The quantitative estimate of drug-likeness (QED) is 0.438. The van der Waals surface area contributed by atoms with E-state index in [0.29, 0.717) is 38.1 Å². The van der Waals surface area contributed by atoms with Crippen molar-refractivity contribution in [2.24, 2.45) is 0 Å². The van der Waals surface area contributed by atoms with Gasteiger partial charge in [-0.25, -0.2) is 9.36 Å². The van der Waals surface area contributed by atoms with Crippen molar-refractivity contribution in [3.63, 3.8) is 0 Å². The highest BCUT2D eigenvalue weighted by atomic mass is 35.5. The molecule has 4 aromatic rings. The molecule has 5 rings (SSSR count). The van der Waals surface area contributed by atoms with E-state index in [0.717, 1.165) is 18.5 Å². The Morgan fingerprint density at radius 2 is 1.97 bits per heavy atom. The molecule has 2 aromatic heterocycles. The van der Waals surface area contributed by atoms with Gasteiger partial charge in [-0.1, -0.05) is 29.3 Å². The van der Waals surface area contributed by atoms with Crippen LogP contribution in [0, 0.1) is 0 Å². The second kappa shape index (κ2) is 8.53. The zero-order chi connectivity index (χ0) is 23.1. The van der Waals surface area contributed by atoms with Gasteiger partial charge in [-0.2, -0.15) is 10.2 Å². The van der Waals surface area contributed by atoms with Gasteiger partial charge in [0, 0.05) is 21.3 Å². The lowest BCUT2D eigenvalue weighted by Gasteiger charge is -2.12. The van der Waals surface area contributed by atoms with Crippen molar-refractivity contribution in [2.75, 3.05) is 12.4 Å². The van der Waals surface area contributed by atoms with Gasteiger partial charge in [0.15, 0.2) is 0 Å². The third-order valence-electron chi connectivity index (χ3n) is 5.46. The fourth-order valence-electron chi connectivity index (χ4n) is 3.77. The summed E-state index contributed by atoms with van der Waals surface area (Å²) in [5.41, 5.74) is 1.78. The van der Waals surface area contributed by atoms with Gasteiger partial charge in [0.05, 0.1) is 30.4 Å². The largest absolute Gasteiger partial charge is 0.495 e. The lowest BCUT2D eigenvalue weighted by molar-refractivity contribution is -0.117. The predicted octanol–water partition coefficient (Wildman–Crippen LogP) is 4.41. The third-order valence-corrected chi connectivity index (χ3v) is 5.93. The molecule has 2 aromatic carbocycles. The van der Waals surface area contributed by atoms with Crippen LogP contribution < -0.4 is 15.6 Å². The van der Waals surface area contributed by atoms with Gasteiger partial charge in [0.25, 0.3) is 5.56 Å². The van der Waals surface area contributed by atoms with Crippen LogP contribution in [0.5, 0.6) is 5.75 Å². The molecule has 1 aliphatic carbocycles. The van der Waals surface area contributed by atoms with Gasteiger partial charge < -0.3 is 10.1 Å². The summed E-state index contributed by atoms with van der Waals surface area (Å²) >= 11 is 12.2. The van der Waals surface area contributed by atoms with E-state index in [1.54, 1.807) is 47.3 Å². The lowest BCUT2D eigenvalue weighted by atomic mass is 10.2. The summed E-state index contributed by atoms with van der Waals surface area (Å²) in [6, 6.07) is 12.0. The number of amides is 1. The second-order valence-corrected chi connectivity index (χ2v) is 8.69. The molecule has 0 aliphatic heterocycles. The molecular formula is C23H19Cl2N5O3. The van der Waals surface area contributed by atoms with Crippen molar-refractivity contribution in [3.8, 4) is 11.4 Å². The van der Waals surface area contributed by atoms with Gasteiger partial charge in [0.1, 0.15) is 17.8 Å². The Hall–Kier alpha value is -3.36. The number of ether oxygens (including phenoxy) is 1. The molecule has 0 bridgehead atoms. The van der Waals surface area contributed by atoms with Crippen molar-refractivity contribution >= 4 is 45.7 Å². The first-order chi connectivity index (χ1) is 15.9. The van der Waals surface area contributed by atoms with E-state index in [4.69, 9.17) is 27.9 Å². The monoisotopic (exact) mass is 483 g/mol. The van der Waals surface area contributed by atoms with E-state index in [1.807, 2.05) is 6.07 Å². The molecule has 2 heterocycles. The van der Waals surface area contributed by atoms with Crippen LogP contribution in [0.4, 0.5) is 5.69 Å². The topological polar surface area (TPSA) is 91.0 Å². The maximum atomic E-state index is 13.4. The Balaban J connectivity index is 1.55. The number of anilines is 1. The Bertz CT molecular complexity index is 1440. The number of methoxy groups -OCH3 is 1. The molecule has 0 saturated heterocycles. The van der Waals surface area contributed by atoms with E-state index in [1.165, 1.54) is 11.8 Å². The number of aromatic nitrogens is 4. The average molecular weight is 484 g/mol. The van der Waals surface area contributed by atoms with E-state index in [2.05, 4.69) is 15.5 Å². The number of carbonyl (C=O) groups is 1. The Morgan fingerprint density at radius 3 is 2.70 bits per heavy atom. The Kier molecular flexibility index (Phi) is 5.55. The van der Waals surface area contributed by atoms with Crippen molar-refractivity contribution in [3.05, 3.63) is 74.8 Å². The number of carbonyl (C=O) groups excluding carboxylic acids is 1. The van der Waals surface area contributed by atoms with Crippen LogP contribution in [0.25, 0.3) is 16.6 Å². The molecule has 1 aliphatic rings. The Morgan fingerprint density at radius 1 is 1.18 bits per heavy atom. The molecular weight excluding hydrogens is 465 g/mol. The van der Waals surface area contributed by atoms with E-state index in [9.17, 15) is 9.59 Å². The van der Waals surface area contributed by atoms with Crippen LogP contribution >= 0.6 is 23.2 Å². The average Bonchev–Trinajstić information content (AvgIpc) is 3.53. The highest BCUT2D eigenvalue weighted by molar-refractivity contribution is 6.31. The zero-order valence-electron chi connectivity index (χ0n) is 17.6. The van der Waals surface area contributed by atoms with Crippen LogP contribution in [0.15, 0.2) is 53.5 Å². The predicted molar refractivity (Wildman–Crippen MR) is 127 cm³/mol. The molecule has 10 heteroatoms. The first kappa shape index (κ1) is 21.5. The molecule has 0 unspecified atom stereocenters. The second-order valence-electron chi connectivity index (χ2n) is 7.81. The summed E-state index contributed by atoms with van der Waals surface area (Å²) in [5.74, 6) is 0.272. The summed E-state index contributed by atoms with van der Waals surface area (Å²) in [7, 11) is 1.50. The minimum Gasteiger partial charge on any atom is -0.495 e. The number of rotatable bonds is 6. The number of fused-ring (bicyclic) bond motifs is 1. The summed E-state index contributed by atoms with van der Waals surface area (Å²) in [6.45, 7) is -0.273. The molecule has 1 fully saturated rings. The van der Waals surface area contributed by atoms with Gasteiger partial charge in [-0.15, -0.1) is 0 Å². The maximum absolute atomic E-state index is 13.4. The molecule has 0 spiro atoms. The van der Waals surface area contributed by atoms with Crippen LogP contribution in [-0.4, -0.2) is 32.6 Å². The fraction of sp³-hybridized carbons (Fsp3) is 0.217. The molecule has 0 atom stereocenters. The number of nitrogens with one attached hydrogen (secondary N) is 1. The molecule has 33 heavy (non-hydrogen) atoms. The number of hydrogen-bond acceptors (Lipinski definition) is 5. The van der Waals surface area contributed by atoms with Crippen LogP contribution in [-0.2, 0) is 11.3 Å². The number of benzene rings is 2. The van der Waals surface area contributed by atoms with Crippen molar-refractivity contribution < 1.29 is 9.53 Å². The first-order valence-corrected chi connectivity index (χ1v) is 11.1.